The van der Waals surface area contributed by atoms with E-state index >= 15 is 0 Å². The summed E-state index contributed by atoms with van der Waals surface area (Å²) in [5.74, 6) is 0.175. The summed E-state index contributed by atoms with van der Waals surface area (Å²) in [6.45, 7) is 7.45. The molecule has 170 valence electrons. The topological polar surface area (TPSA) is 24.7 Å². The minimum absolute atomic E-state index is 0.175. The molecule has 0 spiro atoms. The third-order valence-corrected chi connectivity index (χ3v) is 5.70. The fraction of sp³-hybridized carbons (Fsp3) is 0.267. The van der Waals surface area contributed by atoms with E-state index in [1.807, 2.05) is 48.5 Å². The highest BCUT2D eigenvalue weighted by Gasteiger charge is 2.12. The van der Waals surface area contributed by atoms with Gasteiger partial charge in [0.1, 0.15) is 5.71 Å². The van der Waals surface area contributed by atoms with Crippen LogP contribution in [-0.4, -0.2) is 18.1 Å². The Morgan fingerprint density at radius 3 is 2.21 bits per heavy atom. The van der Waals surface area contributed by atoms with Crippen LogP contribution in [0.4, 0.5) is 4.39 Å². The molecule has 0 aliphatic carbocycles. The van der Waals surface area contributed by atoms with E-state index in [9.17, 15) is 4.39 Å². The lowest BCUT2D eigenvalue weighted by molar-refractivity contribution is 0.324. The molecule has 33 heavy (non-hydrogen) atoms. The molecule has 0 saturated carbocycles. The van der Waals surface area contributed by atoms with E-state index in [1.165, 1.54) is 5.56 Å². The Bertz CT molecular complexity index is 1050. The highest BCUT2D eigenvalue weighted by molar-refractivity contribution is 6.13. The maximum absolute atomic E-state index is 13.4. The first-order valence-corrected chi connectivity index (χ1v) is 11.7. The summed E-state index contributed by atoms with van der Waals surface area (Å²) in [4.78, 5) is 0. The number of alkyl halides is 1. The van der Waals surface area contributed by atoms with Gasteiger partial charge in [0.2, 0.25) is 0 Å². The molecule has 3 heteroatoms. The van der Waals surface area contributed by atoms with Gasteiger partial charge in [0.05, 0.1) is 12.4 Å². The number of hydrogen-bond acceptors (Lipinski definition) is 2. The number of benzene rings is 3. The molecule has 3 rings (SSSR count). The van der Waals surface area contributed by atoms with Gasteiger partial charge in [-0.05, 0) is 55.2 Å². The van der Waals surface area contributed by atoms with Crippen molar-refractivity contribution >= 4 is 11.9 Å². The van der Waals surface area contributed by atoms with Crippen molar-refractivity contribution < 1.29 is 4.39 Å². The van der Waals surface area contributed by atoms with Crippen LogP contribution in [0.25, 0.3) is 0 Å². The van der Waals surface area contributed by atoms with Crippen LogP contribution in [-0.2, 0) is 6.42 Å². The van der Waals surface area contributed by atoms with Gasteiger partial charge in [-0.25, -0.2) is 4.39 Å². The van der Waals surface area contributed by atoms with Gasteiger partial charge in [-0.15, -0.1) is 11.7 Å². The summed E-state index contributed by atoms with van der Waals surface area (Å²) < 4.78 is 13.4. The van der Waals surface area contributed by atoms with Crippen LogP contribution in [0, 0.1) is 0 Å². The van der Waals surface area contributed by atoms with Crippen molar-refractivity contribution in [3.05, 3.63) is 119 Å². The summed E-state index contributed by atoms with van der Waals surface area (Å²) in [6.07, 6.45) is 6.67. The molecule has 0 N–H and O–H groups in total. The number of aryl methyl sites for hydroxylation is 1. The van der Waals surface area contributed by atoms with Gasteiger partial charge in [0.25, 0.3) is 0 Å². The zero-order valence-electron chi connectivity index (χ0n) is 19.6. The molecular formula is C30H33FN2. The van der Waals surface area contributed by atoms with Crippen molar-refractivity contribution in [1.82, 2.24) is 0 Å². The number of allylic oxidation sites excluding steroid dienone is 1. The predicted molar refractivity (Wildman–Crippen MR) is 139 cm³/mol. The van der Waals surface area contributed by atoms with Crippen LogP contribution in [0.2, 0.25) is 0 Å². The summed E-state index contributed by atoms with van der Waals surface area (Å²) in [7, 11) is 0. The monoisotopic (exact) mass is 440 g/mol. The number of halogens is 1. The van der Waals surface area contributed by atoms with Gasteiger partial charge in [-0.2, -0.15) is 5.10 Å². The lowest BCUT2D eigenvalue weighted by Crippen LogP contribution is -2.05. The van der Waals surface area contributed by atoms with E-state index in [2.05, 4.69) is 60.1 Å². The number of unbranched alkanes of at least 4 members (excludes halogenated alkanes) is 1. The standard InChI is InChI=1S/C30H33FN2/c1-4-5-7-10-25-13-15-26(16-14-25)22-32-33-30(28-11-8-6-9-12-28)29-19-17-27(18-20-29)23(2)21-24(3)31/h4,6,8-9,11-20,22-24H,1,5,7,10,21H2,2-3H3. The average molecular weight is 441 g/mol. The van der Waals surface area contributed by atoms with Crippen molar-refractivity contribution in [2.75, 3.05) is 0 Å². The molecule has 0 aliphatic heterocycles. The van der Waals surface area contributed by atoms with Gasteiger partial charge in [-0.1, -0.05) is 91.9 Å². The molecule has 3 aromatic rings. The molecule has 0 bridgehead atoms. The molecular weight excluding hydrogens is 407 g/mol. The average Bonchev–Trinajstić information content (AvgIpc) is 2.83. The zero-order chi connectivity index (χ0) is 23.5. The Morgan fingerprint density at radius 1 is 0.909 bits per heavy atom. The summed E-state index contributed by atoms with van der Waals surface area (Å²) in [5.41, 5.74) is 6.27. The van der Waals surface area contributed by atoms with E-state index in [1.54, 1.807) is 13.1 Å². The molecule has 2 unspecified atom stereocenters. The Hall–Kier alpha value is -3.33. The largest absolute Gasteiger partial charge is 0.248 e. The fourth-order valence-electron chi connectivity index (χ4n) is 3.85. The quantitative estimate of drug-likeness (QED) is 0.125. The van der Waals surface area contributed by atoms with Gasteiger partial charge in [-0.3, -0.25) is 0 Å². The maximum atomic E-state index is 13.4. The molecule has 2 nitrogen and oxygen atoms in total. The van der Waals surface area contributed by atoms with Crippen LogP contribution in [0.1, 0.15) is 66.8 Å². The number of rotatable bonds is 11. The molecule has 0 fully saturated rings. The first-order valence-electron chi connectivity index (χ1n) is 11.7. The second-order valence-corrected chi connectivity index (χ2v) is 8.52. The third-order valence-electron chi connectivity index (χ3n) is 5.70. The van der Waals surface area contributed by atoms with Crippen molar-refractivity contribution in [1.29, 1.82) is 0 Å². The summed E-state index contributed by atoms with van der Waals surface area (Å²) in [6, 6.07) is 26.7. The molecule has 0 radical (unpaired) electrons. The summed E-state index contributed by atoms with van der Waals surface area (Å²) >= 11 is 0. The molecule has 2 atom stereocenters. The van der Waals surface area contributed by atoms with E-state index in [4.69, 9.17) is 0 Å². The minimum Gasteiger partial charge on any atom is -0.248 e. The van der Waals surface area contributed by atoms with Crippen molar-refractivity contribution in [3.63, 3.8) is 0 Å². The van der Waals surface area contributed by atoms with Gasteiger partial charge < -0.3 is 0 Å². The highest BCUT2D eigenvalue weighted by Crippen LogP contribution is 2.23. The number of hydrogen-bond donors (Lipinski definition) is 0. The van der Waals surface area contributed by atoms with E-state index in [0.717, 1.165) is 47.2 Å². The molecule has 3 aromatic carbocycles. The predicted octanol–water partition coefficient (Wildman–Crippen LogP) is 7.92. The van der Waals surface area contributed by atoms with Gasteiger partial charge in [0.15, 0.2) is 0 Å². The van der Waals surface area contributed by atoms with Crippen LogP contribution in [0.5, 0.6) is 0 Å². The smallest absolute Gasteiger partial charge is 0.100 e. The van der Waals surface area contributed by atoms with E-state index in [-0.39, 0.29) is 5.92 Å². The zero-order valence-corrected chi connectivity index (χ0v) is 19.6. The van der Waals surface area contributed by atoms with Crippen molar-refractivity contribution in [2.24, 2.45) is 10.2 Å². The second-order valence-electron chi connectivity index (χ2n) is 8.52. The van der Waals surface area contributed by atoms with Crippen molar-refractivity contribution in [2.45, 2.75) is 51.6 Å². The first-order chi connectivity index (χ1) is 16.1. The van der Waals surface area contributed by atoms with Crippen LogP contribution >= 0.6 is 0 Å². The second kappa shape index (κ2) is 12.6. The molecule has 0 saturated heterocycles. The molecule has 0 heterocycles. The lowest BCUT2D eigenvalue weighted by Gasteiger charge is -2.13. The SMILES string of the molecule is C=CCCCc1ccc(C=NN=C(c2ccccc2)c2ccc(C(C)CC(C)F)cc2)cc1. The Balaban J connectivity index is 1.79. The maximum Gasteiger partial charge on any atom is 0.100 e. The molecule has 0 aliphatic rings. The Labute approximate surface area is 197 Å². The fourth-order valence-corrected chi connectivity index (χ4v) is 3.85. The van der Waals surface area contributed by atoms with Gasteiger partial charge >= 0.3 is 0 Å². The van der Waals surface area contributed by atoms with E-state index < -0.39 is 6.17 Å². The first kappa shape index (κ1) is 24.3. The molecule has 0 amide bonds. The Morgan fingerprint density at radius 2 is 1.58 bits per heavy atom. The number of nitrogens with zero attached hydrogens (tertiary/aromatic N) is 2. The molecule has 0 aromatic heterocycles. The summed E-state index contributed by atoms with van der Waals surface area (Å²) in [5, 5.41) is 8.98. The van der Waals surface area contributed by atoms with Crippen LogP contribution in [0.3, 0.4) is 0 Å². The van der Waals surface area contributed by atoms with E-state index in [0.29, 0.717) is 6.42 Å². The third kappa shape index (κ3) is 7.64. The van der Waals surface area contributed by atoms with Crippen LogP contribution in [0.15, 0.2) is 102 Å². The van der Waals surface area contributed by atoms with Crippen LogP contribution < -0.4 is 0 Å². The lowest BCUT2D eigenvalue weighted by atomic mass is 9.93. The Kier molecular flexibility index (Phi) is 9.31. The normalized spacial score (nSPS) is 13.7. The minimum atomic E-state index is -0.809. The van der Waals surface area contributed by atoms with Gasteiger partial charge in [0, 0.05) is 11.1 Å². The van der Waals surface area contributed by atoms with Crippen molar-refractivity contribution in [3.8, 4) is 0 Å². The highest BCUT2D eigenvalue weighted by atomic mass is 19.1.